The number of nitrogens with zero attached hydrogens (tertiary/aromatic N) is 1. The van der Waals surface area contributed by atoms with Crippen LogP contribution in [0, 0.1) is 0 Å². The normalized spacial score (nSPS) is 16.1. The number of hydrogen-bond acceptors (Lipinski definition) is 5. The minimum absolute atomic E-state index is 0. The van der Waals surface area contributed by atoms with E-state index in [1.807, 2.05) is 6.92 Å². The lowest BCUT2D eigenvalue weighted by Gasteiger charge is -2.28. The molecule has 2 rings (SSSR count). The lowest BCUT2D eigenvalue weighted by Crippen LogP contribution is -2.37. The second-order valence-electron chi connectivity index (χ2n) is 5.63. The van der Waals surface area contributed by atoms with Gasteiger partial charge in [-0.25, -0.2) is 4.79 Å². The van der Waals surface area contributed by atoms with Gasteiger partial charge < -0.3 is 14.2 Å². The van der Waals surface area contributed by atoms with E-state index in [0.717, 1.165) is 25.4 Å². The zero-order valence-electron chi connectivity index (χ0n) is 13.8. The third kappa shape index (κ3) is 7.10. The first-order chi connectivity index (χ1) is 10.7. The van der Waals surface area contributed by atoms with E-state index in [9.17, 15) is 4.79 Å². The standard InChI is InChI=1S/C17H25NO4.ClH/c1-14(12-18-10-4-3-5-11-18)22-17(19)13-21-16-8-6-15(20-2)7-9-16;/h6-9,14H,3-5,10-13H2,1-2H3;1H. The molecule has 0 saturated carbocycles. The van der Waals surface area contributed by atoms with Crippen molar-refractivity contribution >= 4 is 18.4 Å². The van der Waals surface area contributed by atoms with Crippen molar-refractivity contribution in [3.8, 4) is 11.5 Å². The summed E-state index contributed by atoms with van der Waals surface area (Å²) in [6, 6.07) is 7.12. The maximum Gasteiger partial charge on any atom is 0.344 e. The molecule has 0 aromatic heterocycles. The van der Waals surface area contributed by atoms with E-state index in [1.165, 1.54) is 19.3 Å². The highest BCUT2D eigenvalue weighted by Crippen LogP contribution is 2.17. The number of methoxy groups -OCH3 is 1. The van der Waals surface area contributed by atoms with E-state index in [0.29, 0.717) is 5.75 Å². The largest absolute Gasteiger partial charge is 0.497 e. The van der Waals surface area contributed by atoms with Crippen molar-refractivity contribution in [2.45, 2.75) is 32.3 Å². The number of halogens is 1. The van der Waals surface area contributed by atoms with Crippen molar-refractivity contribution in [2.75, 3.05) is 33.4 Å². The van der Waals surface area contributed by atoms with Gasteiger partial charge in [0, 0.05) is 6.54 Å². The second-order valence-corrected chi connectivity index (χ2v) is 5.63. The number of ether oxygens (including phenoxy) is 3. The van der Waals surface area contributed by atoms with Crippen LogP contribution in [0.15, 0.2) is 24.3 Å². The van der Waals surface area contributed by atoms with Gasteiger partial charge >= 0.3 is 5.97 Å². The molecule has 1 unspecified atom stereocenters. The molecule has 1 saturated heterocycles. The molecular formula is C17H26ClNO4. The van der Waals surface area contributed by atoms with E-state index < -0.39 is 0 Å². The number of benzene rings is 1. The first-order valence-corrected chi connectivity index (χ1v) is 7.86. The average molecular weight is 344 g/mol. The van der Waals surface area contributed by atoms with Crippen LogP contribution in [0.5, 0.6) is 11.5 Å². The molecule has 1 aliphatic rings. The molecule has 0 N–H and O–H groups in total. The highest BCUT2D eigenvalue weighted by atomic mass is 35.5. The van der Waals surface area contributed by atoms with Crippen molar-refractivity contribution in [1.29, 1.82) is 0 Å². The van der Waals surface area contributed by atoms with Crippen LogP contribution in [0.3, 0.4) is 0 Å². The Morgan fingerprint density at radius 1 is 1.13 bits per heavy atom. The molecular weight excluding hydrogens is 318 g/mol. The number of carbonyl (C=O) groups is 1. The third-order valence-electron chi connectivity index (χ3n) is 3.71. The van der Waals surface area contributed by atoms with Gasteiger partial charge in [0.05, 0.1) is 7.11 Å². The summed E-state index contributed by atoms with van der Waals surface area (Å²) >= 11 is 0. The quantitative estimate of drug-likeness (QED) is 0.712. The SMILES string of the molecule is COc1ccc(OCC(=O)OC(C)CN2CCCCC2)cc1.Cl. The Morgan fingerprint density at radius 2 is 1.74 bits per heavy atom. The van der Waals surface area contributed by atoms with E-state index in [1.54, 1.807) is 31.4 Å². The number of rotatable bonds is 7. The molecule has 0 bridgehead atoms. The van der Waals surface area contributed by atoms with Crippen molar-refractivity contribution in [3.05, 3.63) is 24.3 Å². The summed E-state index contributed by atoms with van der Waals surface area (Å²) in [7, 11) is 1.61. The van der Waals surface area contributed by atoms with Gasteiger partial charge in [0.2, 0.25) is 0 Å². The molecule has 0 radical (unpaired) electrons. The lowest BCUT2D eigenvalue weighted by atomic mass is 10.1. The lowest BCUT2D eigenvalue weighted by molar-refractivity contribution is -0.151. The van der Waals surface area contributed by atoms with Crippen LogP contribution >= 0.6 is 12.4 Å². The fourth-order valence-electron chi connectivity index (χ4n) is 2.62. The number of carbonyl (C=O) groups excluding carboxylic acids is 1. The molecule has 130 valence electrons. The molecule has 1 aromatic carbocycles. The van der Waals surface area contributed by atoms with Crippen LogP contribution in [-0.2, 0) is 9.53 Å². The van der Waals surface area contributed by atoms with E-state index in [4.69, 9.17) is 14.2 Å². The van der Waals surface area contributed by atoms with E-state index in [-0.39, 0.29) is 31.1 Å². The first-order valence-electron chi connectivity index (χ1n) is 7.86. The van der Waals surface area contributed by atoms with Gasteiger partial charge in [-0.15, -0.1) is 12.4 Å². The van der Waals surface area contributed by atoms with Crippen molar-refractivity contribution < 1.29 is 19.0 Å². The molecule has 0 amide bonds. The Kier molecular flexibility index (Phi) is 8.81. The van der Waals surface area contributed by atoms with Crippen molar-refractivity contribution in [3.63, 3.8) is 0 Å². The van der Waals surface area contributed by atoms with Gasteiger partial charge in [0.25, 0.3) is 0 Å². The van der Waals surface area contributed by atoms with Crippen LogP contribution in [0.4, 0.5) is 0 Å². The average Bonchev–Trinajstić information content (AvgIpc) is 2.54. The maximum absolute atomic E-state index is 11.8. The Morgan fingerprint density at radius 3 is 2.35 bits per heavy atom. The van der Waals surface area contributed by atoms with E-state index >= 15 is 0 Å². The monoisotopic (exact) mass is 343 g/mol. The van der Waals surface area contributed by atoms with Crippen LogP contribution in [0.25, 0.3) is 0 Å². The molecule has 1 aromatic rings. The molecule has 23 heavy (non-hydrogen) atoms. The molecule has 0 spiro atoms. The Balaban J connectivity index is 0.00000264. The van der Waals surface area contributed by atoms with Crippen LogP contribution in [0.1, 0.15) is 26.2 Å². The number of piperidine rings is 1. The van der Waals surface area contributed by atoms with E-state index in [2.05, 4.69) is 4.90 Å². The van der Waals surface area contributed by atoms with Crippen LogP contribution in [-0.4, -0.2) is 50.3 Å². The van der Waals surface area contributed by atoms with Crippen molar-refractivity contribution in [2.24, 2.45) is 0 Å². The summed E-state index contributed by atoms with van der Waals surface area (Å²) < 4.78 is 15.9. The zero-order valence-corrected chi connectivity index (χ0v) is 14.6. The molecule has 1 aliphatic heterocycles. The van der Waals surface area contributed by atoms with Gasteiger partial charge in [-0.2, -0.15) is 0 Å². The smallest absolute Gasteiger partial charge is 0.344 e. The topological polar surface area (TPSA) is 48.0 Å². The fraction of sp³-hybridized carbons (Fsp3) is 0.588. The van der Waals surface area contributed by atoms with Gasteiger partial charge in [-0.1, -0.05) is 6.42 Å². The molecule has 5 nitrogen and oxygen atoms in total. The van der Waals surface area contributed by atoms with Gasteiger partial charge in [-0.05, 0) is 57.1 Å². The summed E-state index contributed by atoms with van der Waals surface area (Å²) in [6.07, 6.45) is 3.67. The highest BCUT2D eigenvalue weighted by Gasteiger charge is 2.16. The number of hydrogen-bond donors (Lipinski definition) is 0. The number of likely N-dealkylation sites (tertiary alicyclic amines) is 1. The molecule has 6 heteroatoms. The zero-order chi connectivity index (χ0) is 15.8. The fourth-order valence-corrected chi connectivity index (χ4v) is 2.62. The van der Waals surface area contributed by atoms with Gasteiger partial charge in [0.1, 0.15) is 17.6 Å². The minimum atomic E-state index is -0.333. The van der Waals surface area contributed by atoms with Gasteiger partial charge in [0.15, 0.2) is 6.61 Å². The Hall–Kier alpha value is -1.46. The molecule has 1 atom stereocenters. The minimum Gasteiger partial charge on any atom is -0.497 e. The van der Waals surface area contributed by atoms with Gasteiger partial charge in [-0.3, -0.25) is 4.90 Å². The second kappa shape index (κ2) is 10.3. The summed E-state index contributed by atoms with van der Waals surface area (Å²) in [6.45, 7) is 4.86. The summed E-state index contributed by atoms with van der Waals surface area (Å²) in [5, 5.41) is 0. The molecule has 1 heterocycles. The predicted octanol–water partition coefficient (Wildman–Crippen LogP) is 2.91. The van der Waals surface area contributed by atoms with Crippen LogP contribution in [0.2, 0.25) is 0 Å². The highest BCUT2D eigenvalue weighted by molar-refractivity contribution is 5.85. The summed E-state index contributed by atoms with van der Waals surface area (Å²) in [4.78, 5) is 14.2. The van der Waals surface area contributed by atoms with Crippen LogP contribution < -0.4 is 9.47 Å². The summed E-state index contributed by atoms with van der Waals surface area (Å²) in [5.41, 5.74) is 0. The molecule has 1 fully saturated rings. The number of esters is 1. The maximum atomic E-state index is 11.8. The predicted molar refractivity (Wildman–Crippen MR) is 91.6 cm³/mol. The van der Waals surface area contributed by atoms with Crippen molar-refractivity contribution in [1.82, 2.24) is 4.90 Å². The Bertz CT molecular complexity index is 460. The summed E-state index contributed by atoms with van der Waals surface area (Å²) in [5.74, 6) is 1.05. The first kappa shape index (κ1) is 19.6. The third-order valence-corrected chi connectivity index (χ3v) is 3.71. The Labute approximate surface area is 144 Å². The molecule has 0 aliphatic carbocycles.